The molecule has 1 saturated heterocycles. The molecule has 0 amide bonds. The highest BCUT2D eigenvalue weighted by Gasteiger charge is 2.30. The minimum atomic E-state index is 0.0858. The molecular formula is C16H24N2O. The summed E-state index contributed by atoms with van der Waals surface area (Å²) in [6, 6.07) is 7.99. The fourth-order valence-electron chi connectivity index (χ4n) is 2.67. The van der Waals surface area contributed by atoms with Crippen LogP contribution in [0.4, 0.5) is 5.69 Å². The van der Waals surface area contributed by atoms with Gasteiger partial charge in [0.25, 0.3) is 0 Å². The Bertz CT molecular complexity index is 450. The average molecular weight is 260 g/mol. The molecule has 1 atom stereocenters. The largest absolute Gasteiger partial charge is 0.365 e. The maximum Gasteiger partial charge on any atom is 0.159 e. The molecule has 1 aromatic rings. The molecule has 0 saturated carbocycles. The van der Waals surface area contributed by atoms with Crippen LogP contribution in [0.2, 0.25) is 0 Å². The minimum absolute atomic E-state index is 0.0858. The SMILES string of the molecule is CC(=O)c1ccc(N2CC(C)CNCC2(C)C)cc1. The van der Waals surface area contributed by atoms with E-state index < -0.39 is 0 Å². The van der Waals surface area contributed by atoms with Crippen molar-refractivity contribution in [3.05, 3.63) is 29.8 Å². The lowest BCUT2D eigenvalue weighted by Gasteiger charge is -2.39. The van der Waals surface area contributed by atoms with Crippen molar-refractivity contribution >= 4 is 11.5 Å². The first-order valence-electron chi connectivity index (χ1n) is 6.99. The number of nitrogens with zero attached hydrogens (tertiary/aromatic N) is 1. The van der Waals surface area contributed by atoms with Crippen LogP contribution in [0.15, 0.2) is 24.3 Å². The molecule has 1 fully saturated rings. The molecule has 0 spiro atoms. The van der Waals surface area contributed by atoms with Gasteiger partial charge in [0.1, 0.15) is 0 Å². The topological polar surface area (TPSA) is 32.3 Å². The van der Waals surface area contributed by atoms with Gasteiger partial charge in [-0.15, -0.1) is 0 Å². The van der Waals surface area contributed by atoms with Crippen molar-refractivity contribution in [3.8, 4) is 0 Å². The second kappa shape index (κ2) is 5.33. The predicted octanol–water partition coefficient (Wildman–Crippen LogP) is 2.71. The van der Waals surface area contributed by atoms with Crippen LogP contribution in [0.5, 0.6) is 0 Å². The van der Waals surface area contributed by atoms with Gasteiger partial charge in [-0.25, -0.2) is 0 Å². The van der Waals surface area contributed by atoms with Gasteiger partial charge in [-0.05, 0) is 57.5 Å². The Morgan fingerprint density at radius 3 is 2.53 bits per heavy atom. The first kappa shape index (κ1) is 14.1. The number of nitrogens with one attached hydrogen (secondary N) is 1. The van der Waals surface area contributed by atoms with Crippen molar-refractivity contribution in [3.63, 3.8) is 0 Å². The van der Waals surface area contributed by atoms with Crippen molar-refractivity contribution in [1.82, 2.24) is 5.32 Å². The number of Topliss-reactive ketones (excluding diaryl/α,β-unsaturated/α-hetero) is 1. The molecule has 1 heterocycles. The highest BCUT2D eigenvalue weighted by Crippen LogP contribution is 2.27. The van der Waals surface area contributed by atoms with Gasteiger partial charge in [-0.2, -0.15) is 0 Å². The Labute approximate surface area is 116 Å². The summed E-state index contributed by atoms with van der Waals surface area (Å²) in [6.45, 7) is 11.5. The summed E-state index contributed by atoms with van der Waals surface area (Å²) in [4.78, 5) is 13.8. The molecule has 3 nitrogen and oxygen atoms in total. The van der Waals surface area contributed by atoms with Gasteiger partial charge in [0.15, 0.2) is 5.78 Å². The smallest absolute Gasteiger partial charge is 0.159 e. The zero-order chi connectivity index (χ0) is 14.0. The highest BCUT2D eigenvalue weighted by molar-refractivity contribution is 5.94. The molecule has 0 bridgehead atoms. The van der Waals surface area contributed by atoms with E-state index in [1.54, 1.807) is 6.92 Å². The van der Waals surface area contributed by atoms with E-state index in [2.05, 4.69) is 43.1 Å². The monoisotopic (exact) mass is 260 g/mol. The van der Waals surface area contributed by atoms with Crippen LogP contribution >= 0.6 is 0 Å². The Morgan fingerprint density at radius 1 is 1.32 bits per heavy atom. The molecule has 2 rings (SSSR count). The summed E-state index contributed by atoms with van der Waals surface area (Å²) in [5, 5.41) is 3.52. The average Bonchev–Trinajstić information content (AvgIpc) is 2.48. The van der Waals surface area contributed by atoms with E-state index in [1.807, 2.05) is 12.1 Å². The normalized spacial score (nSPS) is 22.9. The second-order valence-corrected chi connectivity index (χ2v) is 6.26. The van der Waals surface area contributed by atoms with E-state index in [9.17, 15) is 4.79 Å². The van der Waals surface area contributed by atoms with E-state index in [4.69, 9.17) is 0 Å². The molecule has 104 valence electrons. The number of benzene rings is 1. The lowest BCUT2D eigenvalue weighted by molar-refractivity contribution is 0.101. The summed E-state index contributed by atoms with van der Waals surface area (Å²) in [5.74, 6) is 0.742. The molecular weight excluding hydrogens is 236 g/mol. The van der Waals surface area contributed by atoms with Crippen molar-refractivity contribution in [2.24, 2.45) is 5.92 Å². The minimum Gasteiger partial charge on any atom is -0.365 e. The lowest BCUT2D eigenvalue weighted by Crippen LogP contribution is -2.49. The fraction of sp³-hybridized carbons (Fsp3) is 0.562. The Kier molecular flexibility index (Phi) is 3.95. The fourth-order valence-corrected chi connectivity index (χ4v) is 2.67. The van der Waals surface area contributed by atoms with Crippen LogP contribution in [0, 0.1) is 5.92 Å². The predicted molar refractivity (Wildman–Crippen MR) is 79.9 cm³/mol. The van der Waals surface area contributed by atoms with E-state index in [1.165, 1.54) is 5.69 Å². The third kappa shape index (κ3) is 3.16. The van der Waals surface area contributed by atoms with Crippen molar-refractivity contribution in [2.75, 3.05) is 24.5 Å². The Balaban J connectivity index is 2.28. The van der Waals surface area contributed by atoms with Crippen LogP contribution in [-0.2, 0) is 0 Å². The van der Waals surface area contributed by atoms with Gasteiger partial charge < -0.3 is 10.2 Å². The third-order valence-electron chi connectivity index (χ3n) is 3.86. The molecule has 19 heavy (non-hydrogen) atoms. The van der Waals surface area contributed by atoms with E-state index in [0.29, 0.717) is 5.92 Å². The number of hydrogen-bond donors (Lipinski definition) is 1. The van der Waals surface area contributed by atoms with Gasteiger partial charge in [-0.3, -0.25) is 4.79 Å². The van der Waals surface area contributed by atoms with Crippen LogP contribution in [0.1, 0.15) is 38.1 Å². The number of hydrogen-bond acceptors (Lipinski definition) is 3. The second-order valence-electron chi connectivity index (χ2n) is 6.26. The number of anilines is 1. The van der Waals surface area contributed by atoms with Gasteiger partial charge in [-0.1, -0.05) is 6.92 Å². The molecule has 1 unspecified atom stereocenters. The first-order valence-corrected chi connectivity index (χ1v) is 6.99. The van der Waals surface area contributed by atoms with E-state index >= 15 is 0 Å². The van der Waals surface area contributed by atoms with Crippen LogP contribution in [-0.4, -0.2) is 31.0 Å². The zero-order valence-electron chi connectivity index (χ0n) is 12.4. The Morgan fingerprint density at radius 2 is 1.95 bits per heavy atom. The molecule has 1 N–H and O–H groups in total. The van der Waals surface area contributed by atoms with Crippen LogP contribution in [0.3, 0.4) is 0 Å². The summed E-state index contributed by atoms with van der Waals surface area (Å²) in [5.41, 5.74) is 2.07. The molecule has 1 aromatic carbocycles. The van der Waals surface area contributed by atoms with Gasteiger partial charge in [0.05, 0.1) is 0 Å². The van der Waals surface area contributed by atoms with E-state index in [0.717, 1.165) is 25.2 Å². The van der Waals surface area contributed by atoms with Gasteiger partial charge in [0, 0.05) is 29.9 Å². The summed E-state index contributed by atoms with van der Waals surface area (Å²) in [7, 11) is 0. The van der Waals surface area contributed by atoms with Crippen molar-refractivity contribution in [1.29, 1.82) is 0 Å². The van der Waals surface area contributed by atoms with Crippen LogP contribution in [0.25, 0.3) is 0 Å². The molecule has 3 heteroatoms. The lowest BCUT2D eigenvalue weighted by atomic mass is 10.0. The zero-order valence-corrected chi connectivity index (χ0v) is 12.4. The Hall–Kier alpha value is -1.35. The maximum absolute atomic E-state index is 11.3. The van der Waals surface area contributed by atoms with Crippen molar-refractivity contribution < 1.29 is 4.79 Å². The standard InChI is InChI=1S/C16H24N2O/c1-12-9-17-11-16(3,4)18(10-12)15-7-5-14(6-8-15)13(2)19/h5-8,12,17H,9-11H2,1-4H3. The van der Waals surface area contributed by atoms with Gasteiger partial charge >= 0.3 is 0 Å². The molecule has 0 aromatic heterocycles. The summed E-state index contributed by atoms with van der Waals surface area (Å²) < 4.78 is 0. The summed E-state index contributed by atoms with van der Waals surface area (Å²) in [6.07, 6.45) is 0. The van der Waals surface area contributed by atoms with Gasteiger partial charge in [0.2, 0.25) is 0 Å². The summed E-state index contributed by atoms with van der Waals surface area (Å²) >= 11 is 0. The third-order valence-corrected chi connectivity index (χ3v) is 3.86. The number of carbonyl (C=O) groups is 1. The number of carbonyl (C=O) groups excluding carboxylic acids is 1. The van der Waals surface area contributed by atoms with E-state index in [-0.39, 0.29) is 11.3 Å². The highest BCUT2D eigenvalue weighted by atomic mass is 16.1. The molecule has 0 aliphatic carbocycles. The van der Waals surface area contributed by atoms with Crippen molar-refractivity contribution in [2.45, 2.75) is 33.2 Å². The number of ketones is 1. The number of rotatable bonds is 2. The molecule has 0 radical (unpaired) electrons. The molecule has 1 aliphatic heterocycles. The quantitative estimate of drug-likeness (QED) is 0.830. The maximum atomic E-state index is 11.3. The van der Waals surface area contributed by atoms with Crippen LogP contribution < -0.4 is 10.2 Å². The molecule has 1 aliphatic rings. The first-order chi connectivity index (χ1) is 8.90.